The summed E-state index contributed by atoms with van der Waals surface area (Å²) >= 11 is 8.96. The number of fused-ring (bicyclic) bond motifs is 1. The third-order valence-electron chi connectivity index (χ3n) is 2.25. The van der Waals surface area contributed by atoms with Crippen molar-refractivity contribution in [1.82, 2.24) is 0 Å². The van der Waals surface area contributed by atoms with Gasteiger partial charge < -0.3 is 0 Å². The molecule has 0 N–H and O–H groups in total. The van der Waals surface area contributed by atoms with Crippen LogP contribution < -0.4 is 0 Å². The first-order valence-electron chi connectivity index (χ1n) is 4.26. The Kier molecular flexibility index (Phi) is 2.72. The molecule has 1 aromatic rings. The van der Waals surface area contributed by atoms with Crippen LogP contribution in [0, 0.1) is 0 Å². The maximum Gasteiger partial charge on any atom is 0.200 e. The van der Waals surface area contributed by atoms with Gasteiger partial charge in [0.05, 0.1) is 14.4 Å². The Balaban J connectivity index is 2.73. The zero-order chi connectivity index (χ0) is 12.1. The zero-order valence-electron chi connectivity index (χ0n) is 8.12. The number of hydrogen-bond acceptors (Lipinski definition) is 3. The molecule has 84 valence electrons. The van der Waals surface area contributed by atoms with Gasteiger partial charge in [-0.1, -0.05) is 11.6 Å². The summed E-state index contributed by atoms with van der Waals surface area (Å²) in [7, 11) is -3.42. The minimum atomic E-state index is -3.42. The maximum absolute atomic E-state index is 11.6. The Morgan fingerprint density at radius 1 is 1.31 bits per heavy atom. The van der Waals surface area contributed by atoms with E-state index in [-0.39, 0.29) is 15.7 Å². The van der Waals surface area contributed by atoms with Gasteiger partial charge >= 0.3 is 0 Å². The minimum absolute atomic E-state index is 0.0168. The number of allylic oxidation sites excluding steroid dienone is 1. The number of halogens is 2. The van der Waals surface area contributed by atoms with Gasteiger partial charge in [0.15, 0.2) is 9.84 Å². The van der Waals surface area contributed by atoms with E-state index < -0.39 is 9.84 Å². The van der Waals surface area contributed by atoms with Crippen LogP contribution in [-0.4, -0.2) is 20.5 Å². The third-order valence-corrected chi connectivity index (χ3v) is 4.40. The van der Waals surface area contributed by atoms with E-state index in [0.29, 0.717) is 15.6 Å². The molecule has 0 saturated carbocycles. The molecule has 0 aromatic heterocycles. The smallest absolute Gasteiger partial charge is 0.200 e. The number of hydrogen-bond donors (Lipinski definition) is 0. The molecule has 0 atom stereocenters. The van der Waals surface area contributed by atoms with Crippen molar-refractivity contribution >= 4 is 49.2 Å². The van der Waals surface area contributed by atoms with E-state index in [1.807, 2.05) is 0 Å². The monoisotopic (exact) mass is 320 g/mol. The van der Waals surface area contributed by atoms with Crippen LogP contribution in [0.25, 0.3) is 6.08 Å². The molecule has 0 saturated heterocycles. The van der Waals surface area contributed by atoms with E-state index in [0.717, 1.165) is 6.26 Å². The van der Waals surface area contributed by atoms with Crippen molar-refractivity contribution in [2.24, 2.45) is 0 Å². The van der Waals surface area contributed by atoms with Crippen molar-refractivity contribution in [3.63, 3.8) is 0 Å². The number of ketones is 1. The second-order valence-corrected chi connectivity index (χ2v) is 6.71. The molecule has 0 bridgehead atoms. The van der Waals surface area contributed by atoms with Crippen LogP contribution in [0.3, 0.4) is 0 Å². The van der Waals surface area contributed by atoms with E-state index in [1.54, 1.807) is 6.08 Å². The van der Waals surface area contributed by atoms with Crippen LogP contribution in [0.4, 0.5) is 0 Å². The normalized spacial score (nSPS) is 14.9. The molecular weight excluding hydrogens is 316 g/mol. The van der Waals surface area contributed by atoms with Crippen molar-refractivity contribution in [3.8, 4) is 0 Å². The fourth-order valence-corrected chi connectivity index (χ4v) is 3.30. The lowest BCUT2D eigenvalue weighted by Gasteiger charge is -2.04. The Morgan fingerprint density at radius 3 is 2.50 bits per heavy atom. The van der Waals surface area contributed by atoms with Gasteiger partial charge in [-0.25, -0.2) is 8.42 Å². The molecule has 16 heavy (non-hydrogen) atoms. The number of rotatable bonds is 1. The van der Waals surface area contributed by atoms with Gasteiger partial charge in [0.2, 0.25) is 5.78 Å². The van der Waals surface area contributed by atoms with E-state index in [9.17, 15) is 13.2 Å². The quantitative estimate of drug-likeness (QED) is 0.799. The fraction of sp³-hybridized carbons (Fsp3) is 0.100. The van der Waals surface area contributed by atoms with Crippen molar-refractivity contribution in [1.29, 1.82) is 0 Å². The Bertz CT molecular complexity index is 632. The topological polar surface area (TPSA) is 51.2 Å². The number of carbonyl (C=O) groups is 1. The molecule has 0 unspecified atom stereocenters. The molecule has 0 spiro atoms. The summed E-state index contributed by atoms with van der Waals surface area (Å²) < 4.78 is 23.2. The van der Waals surface area contributed by atoms with Crippen molar-refractivity contribution < 1.29 is 13.2 Å². The summed E-state index contributed by atoms with van der Waals surface area (Å²) in [6.45, 7) is 0. The largest absolute Gasteiger partial charge is 0.288 e. The van der Waals surface area contributed by atoms with Crippen LogP contribution in [0.15, 0.2) is 21.5 Å². The lowest BCUT2D eigenvalue weighted by molar-refractivity contribution is 0.104. The summed E-state index contributed by atoms with van der Waals surface area (Å²) in [5.41, 5.74) is 0.992. The molecule has 0 fully saturated rings. The fourth-order valence-electron chi connectivity index (χ4n) is 1.50. The molecular formula is C10H6BrClO3S. The second-order valence-electron chi connectivity index (χ2n) is 3.46. The summed E-state index contributed by atoms with van der Waals surface area (Å²) in [5.74, 6) is -0.225. The standard InChI is InChI=1S/C10H6BrClO3S/c1-16(14,15)9-4-6-5(3-8(9)12)2-7(11)10(6)13/h2-4H,1H3. The van der Waals surface area contributed by atoms with Crippen LogP contribution in [0.1, 0.15) is 15.9 Å². The lowest BCUT2D eigenvalue weighted by Crippen LogP contribution is -2.02. The Morgan fingerprint density at radius 2 is 1.94 bits per heavy atom. The second kappa shape index (κ2) is 3.68. The summed E-state index contributed by atoms with van der Waals surface area (Å²) in [5, 5.41) is 0.132. The van der Waals surface area contributed by atoms with Crippen LogP contribution in [-0.2, 0) is 9.84 Å². The summed E-state index contributed by atoms with van der Waals surface area (Å²) in [4.78, 5) is 11.6. The Labute approximate surface area is 106 Å². The van der Waals surface area contributed by atoms with Crippen LogP contribution in [0.2, 0.25) is 5.02 Å². The molecule has 0 aliphatic heterocycles. The molecule has 0 amide bonds. The summed E-state index contributed by atoms with van der Waals surface area (Å²) in [6, 6.07) is 2.81. The molecule has 3 nitrogen and oxygen atoms in total. The molecule has 6 heteroatoms. The van der Waals surface area contributed by atoms with Crippen LogP contribution in [0.5, 0.6) is 0 Å². The number of carbonyl (C=O) groups excluding carboxylic acids is 1. The first kappa shape index (κ1) is 11.8. The molecule has 1 aliphatic rings. The van der Waals surface area contributed by atoms with Gasteiger partial charge in [-0.05, 0) is 39.7 Å². The van der Waals surface area contributed by atoms with Crippen molar-refractivity contribution in [2.75, 3.05) is 6.26 Å². The predicted molar refractivity (Wildman–Crippen MR) is 65.8 cm³/mol. The maximum atomic E-state index is 11.6. The molecule has 0 radical (unpaired) electrons. The van der Waals surface area contributed by atoms with E-state index in [4.69, 9.17) is 11.6 Å². The molecule has 1 aromatic carbocycles. The highest BCUT2D eigenvalue weighted by Crippen LogP contribution is 2.34. The highest BCUT2D eigenvalue weighted by atomic mass is 79.9. The van der Waals surface area contributed by atoms with Gasteiger partial charge in [-0.3, -0.25) is 4.79 Å². The van der Waals surface area contributed by atoms with E-state index in [1.165, 1.54) is 12.1 Å². The first-order valence-corrected chi connectivity index (χ1v) is 7.32. The average molecular weight is 322 g/mol. The molecule has 1 aliphatic carbocycles. The minimum Gasteiger partial charge on any atom is -0.288 e. The third kappa shape index (κ3) is 1.83. The first-order chi connectivity index (χ1) is 7.30. The number of Topliss-reactive ketones (excluding diaryl/α,β-unsaturated/α-hetero) is 1. The van der Waals surface area contributed by atoms with Crippen molar-refractivity contribution in [3.05, 3.63) is 32.8 Å². The van der Waals surface area contributed by atoms with Crippen LogP contribution >= 0.6 is 27.5 Å². The van der Waals surface area contributed by atoms with E-state index in [2.05, 4.69) is 15.9 Å². The van der Waals surface area contributed by atoms with Gasteiger partial charge in [-0.2, -0.15) is 0 Å². The van der Waals surface area contributed by atoms with Crippen molar-refractivity contribution in [2.45, 2.75) is 4.90 Å². The number of benzene rings is 1. The highest BCUT2D eigenvalue weighted by Gasteiger charge is 2.24. The SMILES string of the molecule is CS(=O)(=O)c1cc2c(cc1Cl)C=C(Br)C2=O. The predicted octanol–water partition coefficient (Wildman–Crippen LogP) is 2.68. The molecule has 2 rings (SSSR count). The average Bonchev–Trinajstić information content (AvgIpc) is 2.39. The lowest BCUT2D eigenvalue weighted by atomic mass is 10.1. The summed E-state index contributed by atoms with van der Waals surface area (Å²) in [6.07, 6.45) is 2.68. The van der Waals surface area contributed by atoms with Gasteiger partial charge in [0, 0.05) is 11.8 Å². The highest BCUT2D eigenvalue weighted by molar-refractivity contribution is 9.12. The van der Waals surface area contributed by atoms with Gasteiger partial charge in [0.1, 0.15) is 0 Å². The number of sulfone groups is 1. The van der Waals surface area contributed by atoms with E-state index >= 15 is 0 Å². The van der Waals surface area contributed by atoms with Gasteiger partial charge in [0.25, 0.3) is 0 Å². The Hall–Kier alpha value is -0.650. The zero-order valence-corrected chi connectivity index (χ0v) is 11.3. The molecule has 0 heterocycles. The van der Waals surface area contributed by atoms with Gasteiger partial charge in [-0.15, -0.1) is 0 Å².